The third kappa shape index (κ3) is 3.04. The smallest absolute Gasteiger partial charge is 0.187 e. The number of nitrogen functional groups attached to an aromatic ring is 2. The van der Waals surface area contributed by atoms with Crippen molar-refractivity contribution in [3.63, 3.8) is 0 Å². The van der Waals surface area contributed by atoms with Gasteiger partial charge < -0.3 is 20.9 Å². The molecule has 0 aliphatic carbocycles. The largest absolute Gasteiger partial charge is 0.485 e. The number of rotatable bonds is 2. The van der Waals surface area contributed by atoms with Gasteiger partial charge in [-0.2, -0.15) is 0 Å². The molecule has 4 N–H and O–H groups in total. The molecule has 2 unspecified atom stereocenters. The van der Waals surface area contributed by atoms with Crippen molar-refractivity contribution >= 4 is 23.0 Å². The maximum atomic E-state index is 14.0. The van der Waals surface area contributed by atoms with Gasteiger partial charge >= 0.3 is 0 Å². The number of halogens is 2. The molecular weight excluding hydrogens is 271 g/mol. The van der Waals surface area contributed by atoms with E-state index < -0.39 is 5.82 Å². The van der Waals surface area contributed by atoms with E-state index in [-0.39, 0.29) is 40.5 Å². The first kappa shape index (κ1) is 14.2. The van der Waals surface area contributed by atoms with Gasteiger partial charge in [-0.1, -0.05) is 11.6 Å². The summed E-state index contributed by atoms with van der Waals surface area (Å²) in [5, 5.41) is -0.155. The number of nitrogens with two attached hydrogens (primary N) is 2. The van der Waals surface area contributed by atoms with Crippen molar-refractivity contribution in [1.29, 1.82) is 0 Å². The lowest BCUT2D eigenvalue weighted by Gasteiger charge is -2.32. The molecule has 1 aromatic rings. The summed E-state index contributed by atoms with van der Waals surface area (Å²) in [6, 6.07) is 1.41. The summed E-state index contributed by atoms with van der Waals surface area (Å²) < 4.78 is 25.3. The van der Waals surface area contributed by atoms with Gasteiger partial charge in [-0.3, -0.25) is 0 Å². The minimum absolute atomic E-state index is 0.0227. The van der Waals surface area contributed by atoms with Crippen molar-refractivity contribution in [2.24, 2.45) is 0 Å². The Hall–Kier alpha value is -1.20. The van der Waals surface area contributed by atoms with E-state index in [2.05, 4.69) is 0 Å². The molecule has 1 aliphatic heterocycles. The average Bonchev–Trinajstić information content (AvgIpc) is 2.31. The van der Waals surface area contributed by atoms with Crippen LogP contribution in [0.1, 0.15) is 26.7 Å². The van der Waals surface area contributed by atoms with Gasteiger partial charge in [-0.05, 0) is 19.9 Å². The highest BCUT2D eigenvalue weighted by molar-refractivity contribution is 6.33. The Morgan fingerprint density at radius 1 is 1.26 bits per heavy atom. The predicted octanol–water partition coefficient (Wildman–Crippen LogP) is 2.98. The lowest BCUT2D eigenvalue weighted by Crippen LogP contribution is -2.36. The van der Waals surface area contributed by atoms with Crippen LogP contribution in [0.3, 0.4) is 0 Å². The Morgan fingerprint density at radius 3 is 2.42 bits per heavy atom. The molecule has 0 amide bonds. The minimum Gasteiger partial charge on any atom is -0.485 e. The van der Waals surface area contributed by atoms with E-state index in [1.807, 2.05) is 13.8 Å². The summed E-state index contributed by atoms with van der Waals surface area (Å²) in [6.45, 7) is 3.92. The lowest BCUT2D eigenvalue weighted by molar-refractivity contribution is -0.0726. The van der Waals surface area contributed by atoms with Gasteiger partial charge in [-0.15, -0.1) is 0 Å². The molecule has 1 fully saturated rings. The quantitative estimate of drug-likeness (QED) is 0.821. The van der Waals surface area contributed by atoms with Crippen LogP contribution in [-0.4, -0.2) is 18.3 Å². The third-order valence-electron chi connectivity index (χ3n) is 3.16. The molecule has 0 radical (unpaired) electrons. The first-order valence-corrected chi connectivity index (χ1v) is 6.61. The molecule has 0 spiro atoms. The van der Waals surface area contributed by atoms with Gasteiger partial charge in [0, 0.05) is 12.8 Å². The Bertz CT molecular complexity index is 474. The first-order chi connectivity index (χ1) is 8.88. The molecule has 4 nitrogen and oxygen atoms in total. The van der Waals surface area contributed by atoms with Gasteiger partial charge in [0.05, 0.1) is 23.6 Å². The highest BCUT2D eigenvalue weighted by atomic mass is 35.5. The summed E-state index contributed by atoms with van der Waals surface area (Å²) in [6.07, 6.45) is 1.37. The molecule has 2 rings (SSSR count). The van der Waals surface area contributed by atoms with E-state index in [1.54, 1.807) is 0 Å². The van der Waals surface area contributed by atoms with Gasteiger partial charge in [0.2, 0.25) is 0 Å². The standard InChI is InChI=1S/C13H18ClFN2O2/c1-6-3-8(4-7(2)18-6)19-13-10(17)5-9(16)11(14)12(13)15/h5-8H,3-4,16-17H2,1-2H3. The highest BCUT2D eigenvalue weighted by Gasteiger charge is 2.28. The summed E-state index contributed by atoms with van der Waals surface area (Å²) >= 11 is 5.77. The first-order valence-electron chi connectivity index (χ1n) is 6.23. The maximum Gasteiger partial charge on any atom is 0.187 e. The monoisotopic (exact) mass is 288 g/mol. The van der Waals surface area contributed by atoms with Crippen molar-refractivity contribution in [2.45, 2.75) is 45.0 Å². The van der Waals surface area contributed by atoms with Crippen LogP contribution in [0.2, 0.25) is 5.02 Å². The van der Waals surface area contributed by atoms with Crippen LogP contribution in [-0.2, 0) is 4.74 Å². The number of anilines is 2. The molecular formula is C13H18ClFN2O2. The fourth-order valence-corrected chi connectivity index (χ4v) is 2.52. The molecule has 1 saturated heterocycles. The van der Waals surface area contributed by atoms with Crippen LogP contribution in [0.15, 0.2) is 6.07 Å². The number of hydrogen-bond acceptors (Lipinski definition) is 4. The summed E-state index contributed by atoms with van der Waals surface area (Å²) in [5.74, 6) is -0.725. The van der Waals surface area contributed by atoms with Crippen LogP contribution in [0.25, 0.3) is 0 Å². The van der Waals surface area contributed by atoms with Crippen molar-refractivity contribution in [2.75, 3.05) is 11.5 Å². The topological polar surface area (TPSA) is 70.5 Å². The Kier molecular flexibility index (Phi) is 4.06. The van der Waals surface area contributed by atoms with Crippen LogP contribution in [0, 0.1) is 5.82 Å². The van der Waals surface area contributed by atoms with Crippen molar-refractivity contribution in [3.05, 3.63) is 16.9 Å². The molecule has 0 bridgehead atoms. The maximum absolute atomic E-state index is 14.0. The third-order valence-corrected chi connectivity index (χ3v) is 3.54. The molecule has 1 aromatic carbocycles. The molecule has 106 valence electrons. The van der Waals surface area contributed by atoms with E-state index in [4.69, 9.17) is 32.5 Å². The fourth-order valence-electron chi connectivity index (χ4n) is 2.38. The zero-order valence-corrected chi connectivity index (χ0v) is 11.7. The lowest BCUT2D eigenvalue weighted by atomic mass is 10.0. The van der Waals surface area contributed by atoms with E-state index >= 15 is 0 Å². The number of hydrogen-bond donors (Lipinski definition) is 2. The molecule has 0 aromatic heterocycles. The Balaban J connectivity index is 2.21. The molecule has 6 heteroatoms. The van der Waals surface area contributed by atoms with Crippen molar-refractivity contribution < 1.29 is 13.9 Å². The summed E-state index contributed by atoms with van der Waals surface area (Å²) in [5.41, 5.74) is 11.6. The minimum atomic E-state index is -0.703. The van der Waals surface area contributed by atoms with Crippen LogP contribution >= 0.6 is 11.6 Å². The summed E-state index contributed by atoms with van der Waals surface area (Å²) in [7, 11) is 0. The van der Waals surface area contributed by atoms with Gasteiger partial charge in [0.25, 0.3) is 0 Å². The second-order valence-corrected chi connectivity index (χ2v) is 5.36. The number of ether oxygens (including phenoxy) is 2. The van der Waals surface area contributed by atoms with Gasteiger partial charge in [-0.25, -0.2) is 4.39 Å². The SMILES string of the molecule is CC1CC(Oc2c(N)cc(N)c(Cl)c2F)CC(C)O1. The molecule has 0 saturated carbocycles. The average molecular weight is 289 g/mol. The predicted molar refractivity (Wildman–Crippen MR) is 73.9 cm³/mol. The molecule has 1 heterocycles. The number of benzene rings is 1. The Labute approximate surface area is 116 Å². The van der Waals surface area contributed by atoms with Crippen molar-refractivity contribution in [3.8, 4) is 5.75 Å². The zero-order valence-electron chi connectivity index (χ0n) is 11.0. The molecule has 1 aliphatic rings. The normalized spacial score (nSPS) is 27.3. The van der Waals surface area contributed by atoms with Gasteiger partial charge in [0.1, 0.15) is 11.1 Å². The highest BCUT2D eigenvalue weighted by Crippen LogP contribution is 2.37. The van der Waals surface area contributed by atoms with E-state index in [9.17, 15) is 4.39 Å². The zero-order chi connectivity index (χ0) is 14.2. The van der Waals surface area contributed by atoms with E-state index in [0.717, 1.165) is 0 Å². The second-order valence-electron chi connectivity index (χ2n) is 4.98. The van der Waals surface area contributed by atoms with Gasteiger partial charge in [0.15, 0.2) is 11.6 Å². The van der Waals surface area contributed by atoms with Crippen LogP contribution in [0.5, 0.6) is 5.75 Å². The fraction of sp³-hybridized carbons (Fsp3) is 0.538. The molecule has 19 heavy (non-hydrogen) atoms. The van der Waals surface area contributed by atoms with E-state index in [1.165, 1.54) is 6.07 Å². The van der Waals surface area contributed by atoms with Crippen LogP contribution < -0.4 is 16.2 Å². The van der Waals surface area contributed by atoms with Crippen molar-refractivity contribution in [1.82, 2.24) is 0 Å². The summed E-state index contributed by atoms with van der Waals surface area (Å²) in [4.78, 5) is 0. The van der Waals surface area contributed by atoms with Crippen LogP contribution in [0.4, 0.5) is 15.8 Å². The second kappa shape index (κ2) is 5.43. The van der Waals surface area contributed by atoms with E-state index in [0.29, 0.717) is 12.8 Å². The molecule has 2 atom stereocenters. The Morgan fingerprint density at radius 2 is 1.84 bits per heavy atom.